The molecule has 11 heteroatoms. The van der Waals surface area contributed by atoms with Gasteiger partial charge in [0, 0.05) is 33.3 Å². The number of methoxy groups -OCH3 is 1. The second kappa shape index (κ2) is 15.0. The molecule has 1 saturated heterocycles. The minimum Gasteiger partial charge on any atom is -0.465 e. The molecule has 1 aromatic rings. The largest absolute Gasteiger partial charge is 0.465 e. The van der Waals surface area contributed by atoms with E-state index in [0.29, 0.717) is 24.2 Å². The molecule has 200 valence electrons. The highest BCUT2D eigenvalue weighted by Crippen LogP contribution is 2.25. The number of hydrogen-bond acceptors (Lipinski definition) is 10. The van der Waals surface area contributed by atoms with Crippen LogP contribution in [0.15, 0.2) is 24.3 Å². The lowest BCUT2D eigenvalue weighted by Gasteiger charge is -2.34. The number of nitrogens with one attached hydrogen (secondary N) is 1. The minimum atomic E-state index is -0.965. The summed E-state index contributed by atoms with van der Waals surface area (Å²) in [7, 11) is 1.61. The summed E-state index contributed by atoms with van der Waals surface area (Å²) in [4.78, 5) is 46.6. The summed E-state index contributed by atoms with van der Waals surface area (Å²) in [6.45, 7) is 4.65. The Morgan fingerprint density at radius 2 is 1.78 bits per heavy atom. The third kappa shape index (κ3) is 10.6. The van der Waals surface area contributed by atoms with E-state index in [4.69, 9.17) is 28.4 Å². The first-order valence-electron chi connectivity index (χ1n) is 11.9. The van der Waals surface area contributed by atoms with Gasteiger partial charge in [-0.2, -0.15) is 0 Å². The number of Topliss-reactive ketones (excluding diaryl/α,β-unsaturated/α-hetero) is 1. The number of benzene rings is 1. The Kier molecular flexibility index (Phi) is 12.1. The van der Waals surface area contributed by atoms with Gasteiger partial charge in [-0.05, 0) is 38.0 Å². The summed E-state index contributed by atoms with van der Waals surface area (Å²) < 4.78 is 32.4. The van der Waals surface area contributed by atoms with Crippen molar-refractivity contribution in [3.05, 3.63) is 29.8 Å². The Balaban J connectivity index is 1.85. The molecular weight excluding hydrogens is 474 g/mol. The van der Waals surface area contributed by atoms with Gasteiger partial charge in [-0.25, -0.2) is 9.59 Å². The van der Waals surface area contributed by atoms with Gasteiger partial charge < -0.3 is 38.5 Å². The van der Waals surface area contributed by atoms with E-state index in [9.17, 15) is 19.2 Å². The zero-order valence-corrected chi connectivity index (χ0v) is 21.2. The number of ketones is 1. The number of carbonyl (C=O) groups is 4. The summed E-state index contributed by atoms with van der Waals surface area (Å²) in [5.41, 5.74) is 0.695. The van der Waals surface area contributed by atoms with Crippen molar-refractivity contribution in [3.8, 4) is 5.75 Å². The molecule has 1 heterocycles. The summed E-state index contributed by atoms with van der Waals surface area (Å²) in [6, 6.07) is 5.92. The summed E-state index contributed by atoms with van der Waals surface area (Å²) in [5.74, 6) is -0.552. The molecule has 1 aromatic carbocycles. The summed E-state index contributed by atoms with van der Waals surface area (Å²) >= 11 is 0. The molecule has 0 bridgehead atoms. The lowest BCUT2D eigenvalue weighted by atomic mass is 10.1. The number of alkyl carbamates (subject to hydrolysis) is 1. The van der Waals surface area contributed by atoms with Gasteiger partial charge in [0.2, 0.25) is 6.29 Å². The van der Waals surface area contributed by atoms with Crippen molar-refractivity contribution in [2.24, 2.45) is 0 Å². The molecule has 0 spiro atoms. The van der Waals surface area contributed by atoms with Crippen LogP contribution < -0.4 is 10.1 Å². The molecule has 0 saturated carbocycles. The highest BCUT2D eigenvalue weighted by Gasteiger charge is 2.31. The van der Waals surface area contributed by atoms with Gasteiger partial charge in [0.25, 0.3) is 0 Å². The van der Waals surface area contributed by atoms with Gasteiger partial charge in [0.05, 0.1) is 18.8 Å². The highest BCUT2D eigenvalue weighted by atomic mass is 16.7. The molecule has 4 atom stereocenters. The number of rotatable bonds is 13. The van der Waals surface area contributed by atoms with Crippen LogP contribution in [0.4, 0.5) is 4.79 Å². The van der Waals surface area contributed by atoms with Crippen molar-refractivity contribution in [1.29, 1.82) is 0 Å². The van der Waals surface area contributed by atoms with E-state index in [-0.39, 0.29) is 56.6 Å². The molecule has 1 aliphatic rings. The quantitative estimate of drug-likeness (QED) is 0.312. The molecule has 0 aliphatic carbocycles. The number of esters is 2. The van der Waals surface area contributed by atoms with E-state index in [2.05, 4.69) is 5.32 Å². The second-order valence-corrected chi connectivity index (χ2v) is 8.35. The fourth-order valence-electron chi connectivity index (χ4n) is 3.50. The van der Waals surface area contributed by atoms with Crippen LogP contribution in [-0.4, -0.2) is 68.7 Å². The molecular formula is C25H35NO10. The molecule has 0 radical (unpaired) electrons. The van der Waals surface area contributed by atoms with E-state index < -0.39 is 24.4 Å². The van der Waals surface area contributed by atoms with Gasteiger partial charge in [0.15, 0.2) is 0 Å². The first kappa shape index (κ1) is 29.1. The SMILES string of the molecule is CCOC(=O)C(CCC(C)=O)NC(=O)OCc1ccc(OC2CC(OC)CC(COC(C)=O)O2)cc1. The van der Waals surface area contributed by atoms with Gasteiger partial charge in [0.1, 0.15) is 30.8 Å². The maximum atomic E-state index is 12.2. The van der Waals surface area contributed by atoms with Gasteiger partial charge in [-0.3, -0.25) is 4.79 Å². The predicted molar refractivity (Wildman–Crippen MR) is 126 cm³/mol. The molecule has 0 aromatic heterocycles. The van der Waals surface area contributed by atoms with Gasteiger partial charge in [-0.15, -0.1) is 0 Å². The first-order chi connectivity index (χ1) is 17.2. The lowest BCUT2D eigenvalue weighted by molar-refractivity contribution is -0.195. The van der Waals surface area contributed by atoms with Crippen LogP contribution in [0.2, 0.25) is 0 Å². The van der Waals surface area contributed by atoms with E-state index >= 15 is 0 Å². The maximum Gasteiger partial charge on any atom is 0.408 e. The predicted octanol–water partition coefficient (Wildman–Crippen LogP) is 2.68. The Hall–Kier alpha value is -3.18. The average Bonchev–Trinajstić information content (AvgIpc) is 2.84. The lowest BCUT2D eigenvalue weighted by Crippen LogP contribution is -2.42. The van der Waals surface area contributed by atoms with Crippen LogP contribution >= 0.6 is 0 Å². The normalized spacial score (nSPS) is 20.1. The second-order valence-electron chi connectivity index (χ2n) is 8.35. The average molecular weight is 510 g/mol. The minimum absolute atomic E-state index is 0.0372. The summed E-state index contributed by atoms with van der Waals surface area (Å²) in [5, 5.41) is 2.45. The molecule has 1 fully saturated rings. The smallest absolute Gasteiger partial charge is 0.408 e. The van der Waals surface area contributed by atoms with Crippen molar-refractivity contribution >= 4 is 23.8 Å². The van der Waals surface area contributed by atoms with E-state index in [0.717, 1.165) is 0 Å². The molecule has 1 amide bonds. The zero-order valence-electron chi connectivity index (χ0n) is 21.2. The van der Waals surface area contributed by atoms with E-state index in [1.54, 1.807) is 38.3 Å². The standard InChI is InChI=1S/C25H35NO10/c1-5-32-24(29)22(11-6-16(2)27)26-25(30)34-14-18-7-9-19(10-8-18)35-23-13-20(31-4)12-21(36-23)15-33-17(3)28/h7-10,20-23H,5-6,11-15H2,1-4H3,(H,26,30). The molecule has 36 heavy (non-hydrogen) atoms. The summed E-state index contributed by atoms with van der Waals surface area (Å²) in [6.07, 6.45) is -0.432. The van der Waals surface area contributed by atoms with Crippen molar-refractivity contribution in [1.82, 2.24) is 5.32 Å². The van der Waals surface area contributed by atoms with Crippen molar-refractivity contribution in [2.45, 2.75) is 77.6 Å². The van der Waals surface area contributed by atoms with Crippen LogP contribution in [0.1, 0.15) is 52.0 Å². The fraction of sp³-hybridized carbons (Fsp3) is 0.600. The third-order valence-corrected chi connectivity index (χ3v) is 5.34. The van der Waals surface area contributed by atoms with Crippen LogP contribution in [0.25, 0.3) is 0 Å². The first-order valence-corrected chi connectivity index (χ1v) is 11.9. The molecule has 2 rings (SSSR count). The third-order valence-electron chi connectivity index (χ3n) is 5.34. The van der Waals surface area contributed by atoms with Crippen LogP contribution in [-0.2, 0) is 44.7 Å². The Labute approximate surface area is 210 Å². The number of ether oxygens (including phenoxy) is 6. The monoisotopic (exact) mass is 509 g/mol. The number of carbonyl (C=O) groups excluding carboxylic acids is 4. The Morgan fingerprint density at radius 3 is 2.39 bits per heavy atom. The highest BCUT2D eigenvalue weighted by molar-refractivity contribution is 5.82. The Morgan fingerprint density at radius 1 is 1.06 bits per heavy atom. The molecule has 1 aliphatic heterocycles. The maximum absolute atomic E-state index is 12.2. The van der Waals surface area contributed by atoms with Gasteiger partial charge in [-0.1, -0.05) is 12.1 Å². The van der Waals surface area contributed by atoms with Crippen molar-refractivity contribution < 1.29 is 47.6 Å². The van der Waals surface area contributed by atoms with Crippen LogP contribution in [0.5, 0.6) is 5.75 Å². The fourth-order valence-corrected chi connectivity index (χ4v) is 3.50. The van der Waals surface area contributed by atoms with Crippen molar-refractivity contribution in [2.75, 3.05) is 20.3 Å². The number of amides is 1. The topological polar surface area (TPSA) is 136 Å². The van der Waals surface area contributed by atoms with E-state index in [1.807, 2.05) is 0 Å². The number of hydrogen-bond donors (Lipinski definition) is 1. The molecule has 4 unspecified atom stereocenters. The zero-order chi connectivity index (χ0) is 26.5. The Bertz CT molecular complexity index is 872. The van der Waals surface area contributed by atoms with Gasteiger partial charge >= 0.3 is 18.0 Å². The van der Waals surface area contributed by atoms with Crippen LogP contribution in [0.3, 0.4) is 0 Å². The van der Waals surface area contributed by atoms with Crippen LogP contribution in [0, 0.1) is 0 Å². The van der Waals surface area contributed by atoms with Crippen molar-refractivity contribution in [3.63, 3.8) is 0 Å². The van der Waals surface area contributed by atoms with E-state index in [1.165, 1.54) is 13.8 Å². The molecule has 11 nitrogen and oxygen atoms in total. The molecule has 1 N–H and O–H groups in total.